The van der Waals surface area contributed by atoms with E-state index in [9.17, 15) is 0 Å². The van der Waals surface area contributed by atoms with Gasteiger partial charge in [-0.3, -0.25) is 9.97 Å². The maximum atomic E-state index is 4.56. The van der Waals surface area contributed by atoms with E-state index in [1.807, 2.05) is 19.3 Å². The van der Waals surface area contributed by atoms with Crippen LogP contribution in [0.1, 0.15) is 62.9 Å². The maximum absolute atomic E-state index is 4.56. The van der Waals surface area contributed by atoms with Crippen LogP contribution in [0.25, 0.3) is 0 Å². The molecule has 1 aromatic heterocycles. The van der Waals surface area contributed by atoms with Crippen LogP contribution in [-0.4, -0.2) is 16.5 Å². The van der Waals surface area contributed by atoms with Crippen LogP contribution in [0.2, 0.25) is 0 Å². The number of nitrogens with zero attached hydrogens (tertiary/aromatic N) is 2. The predicted octanol–water partition coefficient (Wildman–Crippen LogP) is 3.72. The second-order valence-corrected chi connectivity index (χ2v) is 5.31. The van der Waals surface area contributed by atoms with Gasteiger partial charge in [-0.2, -0.15) is 0 Å². The Morgan fingerprint density at radius 1 is 1.16 bits per heavy atom. The minimum absolute atomic E-state index is 0.246. The Kier molecular flexibility index (Phi) is 5.52. The van der Waals surface area contributed by atoms with Crippen LogP contribution in [0.4, 0.5) is 0 Å². The van der Waals surface area contributed by atoms with E-state index >= 15 is 0 Å². The van der Waals surface area contributed by atoms with Crippen LogP contribution in [0.15, 0.2) is 24.0 Å². The quantitative estimate of drug-likeness (QED) is 0.837. The maximum Gasteiger partial charge on any atom is 0.0798 e. The lowest BCUT2D eigenvalue weighted by Gasteiger charge is -2.22. The summed E-state index contributed by atoms with van der Waals surface area (Å²) >= 11 is 0. The monoisotopic (exact) mass is 259 g/mol. The molecule has 19 heavy (non-hydrogen) atoms. The van der Waals surface area contributed by atoms with Gasteiger partial charge in [-0.05, 0) is 39.2 Å². The predicted molar refractivity (Wildman–Crippen MR) is 79.0 cm³/mol. The molecule has 0 fully saturated rings. The first kappa shape index (κ1) is 14.2. The van der Waals surface area contributed by atoms with Gasteiger partial charge in [-0.15, -0.1) is 0 Å². The van der Waals surface area contributed by atoms with Gasteiger partial charge in [0, 0.05) is 6.20 Å². The van der Waals surface area contributed by atoms with Crippen molar-refractivity contribution in [2.24, 2.45) is 0 Å². The van der Waals surface area contributed by atoms with E-state index in [1.54, 1.807) is 0 Å². The second-order valence-electron chi connectivity index (χ2n) is 5.31. The number of hydrogen-bond acceptors (Lipinski definition) is 3. The lowest BCUT2D eigenvalue weighted by Crippen LogP contribution is -2.24. The van der Waals surface area contributed by atoms with Crippen LogP contribution in [0.5, 0.6) is 0 Å². The van der Waals surface area contributed by atoms with E-state index in [2.05, 4.69) is 28.3 Å². The van der Waals surface area contributed by atoms with E-state index in [0.717, 1.165) is 17.9 Å². The molecule has 0 bridgehead atoms. The first-order valence-corrected chi connectivity index (χ1v) is 7.52. The minimum atomic E-state index is 0.246. The third kappa shape index (κ3) is 4.13. The van der Waals surface area contributed by atoms with Gasteiger partial charge in [-0.1, -0.05) is 31.4 Å². The molecule has 3 nitrogen and oxygen atoms in total. The van der Waals surface area contributed by atoms with Crippen molar-refractivity contribution in [3.63, 3.8) is 0 Å². The summed E-state index contributed by atoms with van der Waals surface area (Å²) in [5.74, 6) is 0. The molecule has 2 rings (SSSR count). The summed E-state index contributed by atoms with van der Waals surface area (Å²) in [5, 5.41) is 3.57. The molecule has 0 saturated heterocycles. The third-order valence-corrected chi connectivity index (χ3v) is 3.70. The van der Waals surface area contributed by atoms with Gasteiger partial charge in [0.1, 0.15) is 0 Å². The molecule has 0 aromatic carbocycles. The van der Waals surface area contributed by atoms with Crippen molar-refractivity contribution < 1.29 is 0 Å². The van der Waals surface area contributed by atoms with E-state index < -0.39 is 0 Å². The van der Waals surface area contributed by atoms with Gasteiger partial charge in [-0.25, -0.2) is 0 Å². The topological polar surface area (TPSA) is 37.8 Å². The average molecular weight is 259 g/mol. The Labute approximate surface area is 116 Å². The van der Waals surface area contributed by atoms with Crippen molar-refractivity contribution in [2.45, 2.75) is 58.4 Å². The largest absolute Gasteiger partial charge is 0.305 e. The molecule has 1 aromatic rings. The molecule has 0 saturated carbocycles. The highest BCUT2D eigenvalue weighted by Crippen LogP contribution is 2.27. The summed E-state index contributed by atoms with van der Waals surface area (Å²) in [7, 11) is 0. The highest BCUT2D eigenvalue weighted by Gasteiger charge is 2.17. The van der Waals surface area contributed by atoms with Gasteiger partial charge in [0.15, 0.2) is 0 Å². The van der Waals surface area contributed by atoms with Crippen molar-refractivity contribution in [3.8, 4) is 0 Å². The van der Waals surface area contributed by atoms with Crippen molar-refractivity contribution >= 4 is 0 Å². The summed E-state index contributed by atoms with van der Waals surface area (Å²) in [6.45, 7) is 5.09. The molecule has 0 amide bonds. The van der Waals surface area contributed by atoms with E-state index in [4.69, 9.17) is 0 Å². The highest BCUT2D eigenvalue weighted by atomic mass is 14.9. The molecule has 1 unspecified atom stereocenters. The Hall–Kier alpha value is -1.22. The van der Waals surface area contributed by atoms with Gasteiger partial charge in [0.25, 0.3) is 0 Å². The molecule has 0 aliphatic heterocycles. The Balaban J connectivity index is 2.20. The zero-order chi connectivity index (χ0) is 13.5. The first-order chi connectivity index (χ1) is 9.31. The Bertz CT molecular complexity index is 409. The molecule has 0 radical (unpaired) electrons. The van der Waals surface area contributed by atoms with Gasteiger partial charge in [0.2, 0.25) is 0 Å². The fraction of sp³-hybridized carbons (Fsp3) is 0.625. The number of aryl methyl sites for hydroxylation is 1. The number of allylic oxidation sites excluding steroid dienone is 1. The van der Waals surface area contributed by atoms with E-state index in [1.165, 1.54) is 44.1 Å². The molecule has 1 N–H and O–H groups in total. The molecular formula is C16H25N3. The van der Waals surface area contributed by atoms with Crippen molar-refractivity contribution in [2.75, 3.05) is 6.54 Å². The zero-order valence-electron chi connectivity index (χ0n) is 12.2. The number of nitrogens with one attached hydrogen (secondary N) is 1. The molecule has 104 valence electrons. The summed E-state index contributed by atoms with van der Waals surface area (Å²) in [4.78, 5) is 8.95. The molecular weight excluding hydrogens is 234 g/mol. The molecule has 1 aliphatic rings. The van der Waals surface area contributed by atoms with E-state index in [-0.39, 0.29) is 6.04 Å². The zero-order valence-corrected chi connectivity index (χ0v) is 12.2. The summed E-state index contributed by atoms with van der Waals surface area (Å²) in [6, 6.07) is 0.246. The molecule has 1 heterocycles. The lowest BCUT2D eigenvalue weighted by atomic mass is 9.93. The SMILES string of the molecule is CCNC(C1=CCCCCCC1)c1cnc(C)cn1. The number of rotatable bonds is 4. The summed E-state index contributed by atoms with van der Waals surface area (Å²) in [5.41, 5.74) is 3.53. The fourth-order valence-electron chi connectivity index (χ4n) is 2.66. The van der Waals surface area contributed by atoms with Crippen molar-refractivity contribution in [1.29, 1.82) is 0 Å². The highest BCUT2D eigenvalue weighted by molar-refractivity contribution is 5.21. The molecule has 3 heteroatoms. The van der Waals surface area contributed by atoms with Crippen molar-refractivity contribution in [1.82, 2.24) is 15.3 Å². The summed E-state index contributed by atoms with van der Waals surface area (Å²) in [6.07, 6.45) is 14.0. The van der Waals surface area contributed by atoms with Gasteiger partial charge < -0.3 is 5.32 Å². The van der Waals surface area contributed by atoms with Crippen molar-refractivity contribution in [3.05, 3.63) is 35.4 Å². The van der Waals surface area contributed by atoms with Gasteiger partial charge >= 0.3 is 0 Å². The normalized spacial score (nSPS) is 18.3. The average Bonchev–Trinajstić information content (AvgIpc) is 2.38. The van der Waals surface area contributed by atoms with E-state index in [0.29, 0.717) is 0 Å². The van der Waals surface area contributed by atoms with Gasteiger partial charge in [0.05, 0.1) is 23.6 Å². The number of likely N-dealkylation sites (N-methyl/N-ethyl adjacent to an activating group) is 1. The smallest absolute Gasteiger partial charge is 0.0798 e. The third-order valence-electron chi connectivity index (χ3n) is 3.70. The number of aromatic nitrogens is 2. The minimum Gasteiger partial charge on any atom is -0.305 e. The fourth-order valence-corrected chi connectivity index (χ4v) is 2.66. The van der Waals surface area contributed by atoms with Crippen LogP contribution < -0.4 is 5.32 Å². The molecule has 0 spiro atoms. The first-order valence-electron chi connectivity index (χ1n) is 7.52. The molecule has 1 atom stereocenters. The number of hydrogen-bond donors (Lipinski definition) is 1. The van der Waals surface area contributed by atoms with Crippen LogP contribution in [-0.2, 0) is 0 Å². The van der Waals surface area contributed by atoms with Crippen LogP contribution in [0, 0.1) is 6.92 Å². The Morgan fingerprint density at radius 2 is 2.00 bits per heavy atom. The van der Waals surface area contributed by atoms with Crippen LogP contribution >= 0.6 is 0 Å². The Morgan fingerprint density at radius 3 is 2.74 bits per heavy atom. The summed E-state index contributed by atoms with van der Waals surface area (Å²) < 4.78 is 0. The molecule has 1 aliphatic carbocycles. The second kappa shape index (κ2) is 7.39. The lowest BCUT2D eigenvalue weighted by molar-refractivity contribution is 0.544. The van der Waals surface area contributed by atoms with Crippen LogP contribution in [0.3, 0.4) is 0 Å². The standard InChI is InChI=1S/C16H25N3/c1-3-17-16(15-12-18-13(2)11-19-15)14-9-7-5-4-6-8-10-14/h9,11-12,16-17H,3-8,10H2,1-2H3.